The second-order valence-electron chi connectivity index (χ2n) is 7.58. The van der Waals surface area contributed by atoms with E-state index in [2.05, 4.69) is 50.2 Å². The molecule has 0 aromatic heterocycles. The lowest BCUT2D eigenvalue weighted by molar-refractivity contribution is 0.0992. The van der Waals surface area contributed by atoms with Crippen molar-refractivity contribution in [1.82, 2.24) is 15.5 Å². The van der Waals surface area contributed by atoms with Crippen LogP contribution >= 0.6 is 24.0 Å². The quantitative estimate of drug-likeness (QED) is 0.311. The lowest BCUT2D eigenvalue weighted by atomic mass is 9.96. The van der Waals surface area contributed by atoms with Gasteiger partial charge in [0.25, 0.3) is 0 Å². The van der Waals surface area contributed by atoms with Gasteiger partial charge in [-0.15, -0.1) is 24.0 Å². The topological polar surface area (TPSA) is 48.9 Å². The summed E-state index contributed by atoms with van der Waals surface area (Å²) in [6, 6.07) is 0.949. The van der Waals surface area contributed by atoms with Crippen molar-refractivity contribution in [1.29, 1.82) is 0 Å². The average molecular weight is 466 g/mol. The molecular formula is C19H39IN4O. The van der Waals surface area contributed by atoms with Gasteiger partial charge in [0, 0.05) is 12.6 Å². The van der Waals surface area contributed by atoms with Crippen molar-refractivity contribution >= 4 is 29.9 Å². The number of halogens is 1. The molecule has 6 heteroatoms. The molecule has 0 spiro atoms. The third kappa shape index (κ3) is 6.86. The van der Waals surface area contributed by atoms with Crippen LogP contribution in [0.3, 0.4) is 0 Å². The first kappa shape index (κ1) is 23.0. The van der Waals surface area contributed by atoms with Crippen molar-refractivity contribution in [2.24, 2.45) is 10.9 Å². The average Bonchev–Trinajstić information content (AvgIpc) is 3.15. The van der Waals surface area contributed by atoms with Crippen LogP contribution in [0.1, 0.15) is 60.3 Å². The molecular weight excluding hydrogens is 427 g/mol. The minimum Gasteiger partial charge on any atom is -0.373 e. The molecule has 2 rings (SSSR count). The van der Waals surface area contributed by atoms with Gasteiger partial charge in [0.05, 0.1) is 24.8 Å². The molecule has 0 amide bonds. The molecule has 0 aliphatic carbocycles. The molecule has 2 aliphatic heterocycles. The van der Waals surface area contributed by atoms with Gasteiger partial charge in [-0.25, -0.2) is 0 Å². The molecule has 2 heterocycles. The van der Waals surface area contributed by atoms with Crippen LogP contribution < -0.4 is 10.6 Å². The number of nitrogens with zero attached hydrogens (tertiary/aromatic N) is 2. The molecule has 148 valence electrons. The molecule has 2 N–H and O–H groups in total. The van der Waals surface area contributed by atoms with E-state index in [0.29, 0.717) is 30.2 Å². The fourth-order valence-corrected chi connectivity index (χ4v) is 4.11. The maximum Gasteiger partial charge on any atom is 0.191 e. The smallest absolute Gasteiger partial charge is 0.191 e. The molecule has 2 aliphatic rings. The number of hydrogen-bond acceptors (Lipinski definition) is 3. The fraction of sp³-hybridized carbons (Fsp3) is 0.947. The third-order valence-corrected chi connectivity index (χ3v) is 5.30. The van der Waals surface area contributed by atoms with Crippen LogP contribution in [0.4, 0.5) is 0 Å². The Balaban J connectivity index is 0.00000312. The number of hydrogen-bond donors (Lipinski definition) is 2. The predicted octanol–water partition coefficient (Wildman–Crippen LogP) is 3.24. The summed E-state index contributed by atoms with van der Waals surface area (Å²) in [5.41, 5.74) is 0. The number of aliphatic imine (C=N–C) groups is 1. The Morgan fingerprint density at radius 2 is 1.92 bits per heavy atom. The monoisotopic (exact) mass is 466 g/mol. The molecule has 25 heavy (non-hydrogen) atoms. The number of ether oxygens (including phenoxy) is 1. The molecule has 0 aromatic carbocycles. The van der Waals surface area contributed by atoms with Crippen molar-refractivity contribution in [3.05, 3.63) is 0 Å². The zero-order chi connectivity index (χ0) is 17.5. The normalized spacial score (nSPS) is 26.8. The van der Waals surface area contributed by atoms with E-state index in [-0.39, 0.29) is 24.0 Å². The Morgan fingerprint density at radius 3 is 2.40 bits per heavy atom. The lowest BCUT2D eigenvalue weighted by Crippen LogP contribution is -2.48. The van der Waals surface area contributed by atoms with Crippen LogP contribution in [0.25, 0.3) is 0 Å². The van der Waals surface area contributed by atoms with Crippen LogP contribution in [0, 0.1) is 5.92 Å². The SMILES string of the molecule is CCNC(=NCC(CC(C)C)N(CC)CC)NC1CC2CCC1O2.I. The van der Waals surface area contributed by atoms with Crippen molar-refractivity contribution < 1.29 is 4.74 Å². The molecule has 4 unspecified atom stereocenters. The second-order valence-corrected chi connectivity index (χ2v) is 7.58. The van der Waals surface area contributed by atoms with E-state index in [4.69, 9.17) is 9.73 Å². The van der Waals surface area contributed by atoms with Gasteiger partial charge >= 0.3 is 0 Å². The van der Waals surface area contributed by atoms with E-state index in [1.54, 1.807) is 0 Å². The minimum atomic E-state index is 0. The van der Waals surface area contributed by atoms with E-state index < -0.39 is 0 Å². The van der Waals surface area contributed by atoms with Crippen LogP contribution in [0.15, 0.2) is 4.99 Å². The summed E-state index contributed by atoms with van der Waals surface area (Å²) < 4.78 is 5.96. The molecule has 0 radical (unpaired) electrons. The highest BCUT2D eigenvalue weighted by Crippen LogP contribution is 2.34. The first-order valence-corrected chi connectivity index (χ1v) is 10.0. The highest BCUT2D eigenvalue weighted by Gasteiger charge is 2.41. The molecule has 2 bridgehead atoms. The summed E-state index contributed by atoms with van der Waals surface area (Å²) in [7, 11) is 0. The zero-order valence-electron chi connectivity index (χ0n) is 16.8. The highest BCUT2D eigenvalue weighted by molar-refractivity contribution is 14.0. The van der Waals surface area contributed by atoms with Crippen LogP contribution in [-0.4, -0.2) is 61.3 Å². The predicted molar refractivity (Wildman–Crippen MR) is 117 cm³/mol. The maximum atomic E-state index is 5.96. The Morgan fingerprint density at radius 1 is 1.20 bits per heavy atom. The van der Waals surface area contributed by atoms with Gasteiger partial charge in [0.15, 0.2) is 5.96 Å². The van der Waals surface area contributed by atoms with Gasteiger partial charge < -0.3 is 15.4 Å². The molecule has 5 nitrogen and oxygen atoms in total. The third-order valence-electron chi connectivity index (χ3n) is 5.30. The number of likely N-dealkylation sites (N-methyl/N-ethyl adjacent to an activating group) is 1. The largest absolute Gasteiger partial charge is 0.373 e. The second kappa shape index (κ2) is 11.6. The van der Waals surface area contributed by atoms with E-state index >= 15 is 0 Å². The first-order valence-electron chi connectivity index (χ1n) is 10.0. The number of fused-ring (bicyclic) bond motifs is 2. The molecule has 2 fully saturated rings. The first-order chi connectivity index (χ1) is 11.6. The van der Waals surface area contributed by atoms with Gasteiger partial charge in [-0.2, -0.15) is 0 Å². The fourth-order valence-electron chi connectivity index (χ4n) is 4.11. The highest BCUT2D eigenvalue weighted by atomic mass is 127. The van der Waals surface area contributed by atoms with Crippen molar-refractivity contribution in [2.75, 3.05) is 26.2 Å². The summed E-state index contributed by atoms with van der Waals surface area (Å²) in [5.74, 6) is 1.65. The minimum absolute atomic E-state index is 0. The Labute approximate surface area is 171 Å². The van der Waals surface area contributed by atoms with E-state index in [9.17, 15) is 0 Å². The van der Waals surface area contributed by atoms with Crippen LogP contribution in [-0.2, 0) is 4.74 Å². The van der Waals surface area contributed by atoms with Gasteiger partial charge in [-0.3, -0.25) is 9.89 Å². The summed E-state index contributed by atoms with van der Waals surface area (Å²) >= 11 is 0. The van der Waals surface area contributed by atoms with E-state index in [1.165, 1.54) is 19.3 Å². The molecule has 0 aromatic rings. The lowest BCUT2D eigenvalue weighted by Gasteiger charge is -2.30. The Hall–Kier alpha value is -0.0800. The number of rotatable bonds is 9. The van der Waals surface area contributed by atoms with E-state index in [0.717, 1.165) is 38.6 Å². The summed E-state index contributed by atoms with van der Waals surface area (Å²) in [6.45, 7) is 15.2. The Bertz CT molecular complexity index is 401. The molecule has 4 atom stereocenters. The van der Waals surface area contributed by atoms with Gasteiger partial charge in [-0.1, -0.05) is 27.7 Å². The summed E-state index contributed by atoms with van der Waals surface area (Å²) in [5, 5.41) is 7.04. The van der Waals surface area contributed by atoms with Crippen LogP contribution in [0.2, 0.25) is 0 Å². The molecule has 2 saturated heterocycles. The van der Waals surface area contributed by atoms with Gasteiger partial charge in [-0.05, 0) is 51.6 Å². The van der Waals surface area contributed by atoms with Gasteiger partial charge in [0.1, 0.15) is 0 Å². The standard InChI is InChI=1S/C19H38N4O.HI/c1-6-20-19(22-17-12-16-9-10-18(17)24-16)21-13-15(11-14(4)5)23(7-2)8-3;/h14-18H,6-13H2,1-5H3,(H2,20,21,22);1H. The summed E-state index contributed by atoms with van der Waals surface area (Å²) in [4.78, 5) is 7.46. The summed E-state index contributed by atoms with van der Waals surface area (Å²) in [6.07, 6.45) is 5.60. The van der Waals surface area contributed by atoms with Crippen molar-refractivity contribution in [3.63, 3.8) is 0 Å². The van der Waals surface area contributed by atoms with Crippen LogP contribution in [0.5, 0.6) is 0 Å². The maximum absolute atomic E-state index is 5.96. The number of nitrogens with one attached hydrogen (secondary N) is 2. The van der Waals surface area contributed by atoms with Crippen molar-refractivity contribution in [2.45, 2.75) is 84.6 Å². The Kier molecular flexibility index (Phi) is 10.6. The van der Waals surface area contributed by atoms with E-state index in [1.807, 2.05) is 0 Å². The zero-order valence-corrected chi connectivity index (χ0v) is 19.1. The molecule has 0 saturated carbocycles. The number of guanidine groups is 1. The van der Waals surface area contributed by atoms with Crippen molar-refractivity contribution in [3.8, 4) is 0 Å². The van der Waals surface area contributed by atoms with Gasteiger partial charge in [0.2, 0.25) is 0 Å².